The highest BCUT2D eigenvalue weighted by Crippen LogP contribution is 2.48. The molecular weight excluding hydrogens is 547 g/mol. The number of halogens is 3. The van der Waals surface area contributed by atoms with Gasteiger partial charge in [-0.3, -0.25) is 9.59 Å². The van der Waals surface area contributed by atoms with E-state index in [1.165, 1.54) is 12.1 Å². The zero-order valence-electron chi connectivity index (χ0n) is 24.3. The number of aliphatic hydroxyl groups is 1. The van der Waals surface area contributed by atoms with Gasteiger partial charge in [0.25, 0.3) is 0 Å². The number of hydrogen-bond acceptors (Lipinski definition) is 5. The summed E-state index contributed by atoms with van der Waals surface area (Å²) in [5, 5.41) is 15.3. The SMILES string of the molecule is CCCN(CCC)C(=O)C1(CCCNCc2ccc(OC(F)(F)F)cc2)CC=C[C@](Cc2ccccc2)(C(N)=O)[C@@H]1O. The third-order valence-corrected chi connectivity index (χ3v) is 7.87. The molecule has 0 bridgehead atoms. The zero-order chi connectivity index (χ0) is 30.8. The molecule has 3 rings (SSSR count). The third-order valence-electron chi connectivity index (χ3n) is 7.87. The van der Waals surface area contributed by atoms with E-state index in [0.717, 1.165) is 24.0 Å². The van der Waals surface area contributed by atoms with Crippen molar-refractivity contribution in [1.82, 2.24) is 10.2 Å². The first kappa shape index (κ1) is 33.1. The van der Waals surface area contributed by atoms with Crippen LogP contribution in [0.4, 0.5) is 13.2 Å². The number of nitrogens with one attached hydrogen (secondary N) is 1. The Bertz CT molecular complexity index is 1180. The van der Waals surface area contributed by atoms with Crippen molar-refractivity contribution in [1.29, 1.82) is 0 Å². The largest absolute Gasteiger partial charge is 0.573 e. The molecular formula is C32H42F3N3O4. The van der Waals surface area contributed by atoms with Gasteiger partial charge in [0.2, 0.25) is 11.8 Å². The number of ether oxygens (including phenoxy) is 1. The fourth-order valence-electron chi connectivity index (χ4n) is 5.86. The number of amides is 2. The van der Waals surface area contributed by atoms with E-state index in [4.69, 9.17) is 5.73 Å². The van der Waals surface area contributed by atoms with Crippen molar-refractivity contribution in [3.63, 3.8) is 0 Å². The molecule has 0 heterocycles. The number of carbonyl (C=O) groups excluding carboxylic acids is 2. The summed E-state index contributed by atoms with van der Waals surface area (Å²) in [4.78, 5) is 29.1. The monoisotopic (exact) mass is 589 g/mol. The predicted octanol–water partition coefficient (Wildman–Crippen LogP) is 5.13. The lowest BCUT2D eigenvalue weighted by molar-refractivity contribution is -0.274. The molecule has 10 heteroatoms. The molecule has 230 valence electrons. The fraction of sp³-hybridized carbons (Fsp3) is 0.500. The molecule has 4 N–H and O–H groups in total. The number of nitrogens with zero attached hydrogens (tertiary/aromatic N) is 1. The molecule has 2 aromatic rings. The first-order valence-corrected chi connectivity index (χ1v) is 14.5. The van der Waals surface area contributed by atoms with Gasteiger partial charge >= 0.3 is 6.36 Å². The quantitative estimate of drug-likeness (QED) is 0.198. The second-order valence-corrected chi connectivity index (χ2v) is 11.0. The number of primary amides is 1. The molecule has 1 aliphatic rings. The van der Waals surface area contributed by atoms with E-state index in [1.54, 1.807) is 23.1 Å². The van der Waals surface area contributed by atoms with E-state index in [2.05, 4.69) is 10.1 Å². The van der Waals surface area contributed by atoms with E-state index in [9.17, 15) is 27.9 Å². The van der Waals surface area contributed by atoms with Crippen molar-refractivity contribution in [3.05, 3.63) is 77.9 Å². The van der Waals surface area contributed by atoms with Crippen LogP contribution in [-0.4, -0.2) is 53.9 Å². The van der Waals surface area contributed by atoms with Crippen LogP contribution in [0.1, 0.15) is 57.1 Å². The molecule has 0 saturated heterocycles. The molecule has 0 spiro atoms. The first-order chi connectivity index (χ1) is 20.0. The smallest absolute Gasteiger partial charge is 0.406 e. The maximum Gasteiger partial charge on any atom is 0.573 e. The average molecular weight is 590 g/mol. The van der Waals surface area contributed by atoms with E-state index in [-0.39, 0.29) is 24.5 Å². The predicted molar refractivity (Wildman–Crippen MR) is 155 cm³/mol. The van der Waals surface area contributed by atoms with Crippen LogP contribution in [0.25, 0.3) is 0 Å². The van der Waals surface area contributed by atoms with Gasteiger partial charge in [0, 0.05) is 19.6 Å². The lowest BCUT2D eigenvalue weighted by atomic mass is 9.58. The molecule has 2 aromatic carbocycles. The van der Waals surface area contributed by atoms with E-state index in [1.807, 2.05) is 50.3 Å². The number of aliphatic hydroxyl groups excluding tert-OH is 1. The van der Waals surface area contributed by atoms with Crippen molar-refractivity contribution in [2.75, 3.05) is 19.6 Å². The molecule has 1 unspecified atom stereocenters. The fourth-order valence-corrected chi connectivity index (χ4v) is 5.86. The van der Waals surface area contributed by atoms with Crippen LogP contribution in [0.2, 0.25) is 0 Å². The second kappa shape index (κ2) is 14.7. The molecule has 3 atom stereocenters. The molecule has 7 nitrogen and oxygen atoms in total. The zero-order valence-corrected chi connectivity index (χ0v) is 24.3. The van der Waals surface area contributed by atoms with Gasteiger partial charge in [0.15, 0.2) is 0 Å². The highest BCUT2D eigenvalue weighted by molar-refractivity contribution is 5.89. The van der Waals surface area contributed by atoms with Crippen LogP contribution >= 0.6 is 0 Å². The number of alkyl halides is 3. The summed E-state index contributed by atoms with van der Waals surface area (Å²) >= 11 is 0. The highest BCUT2D eigenvalue weighted by Gasteiger charge is 2.58. The minimum atomic E-state index is -4.75. The Labute approximate surface area is 245 Å². The Morgan fingerprint density at radius 1 is 1.05 bits per heavy atom. The van der Waals surface area contributed by atoms with Gasteiger partial charge < -0.3 is 25.8 Å². The summed E-state index contributed by atoms with van der Waals surface area (Å²) in [5.74, 6) is -1.15. The highest BCUT2D eigenvalue weighted by atomic mass is 19.4. The van der Waals surface area contributed by atoms with Crippen LogP contribution in [0.5, 0.6) is 5.75 Å². The van der Waals surface area contributed by atoms with Crippen LogP contribution in [0.15, 0.2) is 66.7 Å². The number of nitrogens with two attached hydrogens (primary N) is 1. The summed E-state index contributed by atoms with van der Waals surface area (Å²) in [6.45, 7) is 5.95. The average Bonchev–Trinajstić information content (AvgIpc) is 2.95. The molecule has 0 radical (unpaired) electrons. The molecule has 2 amide bonds. The number of hydrogen-bond donors (Lipinski definition) is 3. The minimum Gasteiger partial charge on any atom is -0.406 e. The molecule has 1 aliphatic carbocycles. The molecule has 0 fully saturated rings. The molecule has 0 aromatic heterocycles. The lowest BCUT2D eigenvalue weighted by Gasteiger charge is -2.49. The second-order valence-electron chi connectivity index (χ2n) is 11.0. The van der Waals surface area contributed by atoms with Crippen LogP contribution in [-0.2, 0) is 22.6 Å². The van der Waals surface area contributed by atoms with Gasteiger partial charge in [-0.1, -0.05) is 68.5 Å². The topological polar surface area (TPSA) is 105 Å². The van der Waals surface area contributed by atoms with E-state index < -0.39 is 29.2 Å². The van der Waals surface area contributed by atoms with Crippen molar-refractivity contribution < 1.29 is 32.6 Å². The van der Waals surface area contributed by atoms with Gasteiger partial charge in [-0.25, -0.2) is 0 Å². The number of allylic oxidation sites excluding steroid dienone is 1. The third kappa shape index (κ3) is 8.13. The molecule has 0 saturated carbocycles. The first-order valence-electron chi connectivity index (χ1n) is 14.5. The van der Waals surface area contributed by atoms with Gasteiger partial charge in [0.1, 0.15) is 5.75 Å². The standard InChI is InChI=1S/C32H42F3N3O4/c1-3-20-38(21-4-2)29(41)30(18-9-19-37-23-25-12-14-26(15-13-25)42-32(33,34)35)16-8-17-31(27(30)39,28(36)40)22-24-10-6-5-7-11-24/h5-8,10-15,17,27,37,39H,3-4,9,16,18-23H2,1-2H3,(H2,36,40)/t27-,30?,31-/m1/s1. The van der Waals surface area contributed by atoms with Gasteiger partial charge in [-0.2, -0.15) is 0 Å². The normalized spacial score (nSPS) is 22.1. The Kier molecular flexibility index (Phi) is 11.6. The maximum atomic E-state index is 14.3. The van der Waals surface area contributed by atoms with Crippen LogP contribution < -0.4 is 15.8 Å². The van der Waals surface area contributed by atoms with E-state index in [0.29, 0.717) is 39.0 Å². The van der Waals surface area contributed by atoms with Crippen LogP contribution in [0, 0.1) is 10.8 Å². The van der Waals surface area contributed by atoms with E-state index >= 15 is 0 Å². The number of benzene rings is 2. The number of rotatable bonds is 15. The number of carbonyl (C=O) groups is 2. The Balaban J connectivity index is 1.80. The van der Waals surface area contributed by atoms with Gasteiger partial charge in [-0.15, -0.1) is 13.2 Å². The molecule has 42 heavy (non-hydrogen) atoms. The van der Waals surface area contributed by atoms with Crippen molar-refractivity contribution in [2.24, 2.45) is 16.6 Å². The van der Waals surface area contributed by atoms with Crippen molar-refractivity contribution >= 4 is 11.8 Å². The molecule has 0 aliphatic heterocycles. The van der Waals surface area contributed by atoms with Crippen molar-refractivity contribution in [3.8, 4) is 5.75 Å². The summed E-state index contributed by atoms with van der Waals surface area (Å²) in [5.41, 5.74) is 4.88. The van der Waals surface area contributed by atoms with Crippen LogP contribution in [0.3, 0.4) is 0 Å². The Morgan fingerprint density at radius 2 is 1.69 bits per heavy atom. The maximum absolute atomic E-state index is 14.3. The summed E-state index contributed by atoms with van der Waals surface area (Å²) in [7, 11) is 0. The Hall–Kier alpha value is -3.37. The Morgan fingerprint density at radius 3 is 2.26 bits per heavy atom. The minimum absolute atomic E-state index is 0.170. The van der Waals surface area contributed by atoms with Gasteiger partial charge in [0.05, 0.1) is 16.9 Å². The summed E-state index contributed by atoms with van der Waals surface area (Å²) in [6.07, 6.45) is 0.195. The van der Waals surface area contributed by atoms with Gasteiger partial charge in [-0.05, 0) is 68.3 Å². The van der Waals surface area contributed by atoms with Crippen molar-refractivity contribution in [2.45, 2.75) is 71.4 Å². The summed E-state index contributed by atoms with van der Waals surface area (Å²) < 4.78 is 41.2. The summed E-state index contributed by atoms with van der Waals surface area (Å²) in [6, 6.07) is 14.9. The lowest BCUT2D eigenvalue weighted by Crippen LogP contribution is -2.61.